The van der Waals surface area contributed by atoms with Crippen LogP contribution in [0, 0.1) is 0 Å². The van der Waals surface area contributed by atoms with Gasteiger partial charge in [-0.3, -0.25) is 14.4 Å². The zero-order valence-electron chi connectivity index (χ0n) is 15.4. The number of nitrogens with zero attached hydrogens (tertiary/aromatic N) is 1. The van der Waals surface area contributed by atoms with Gasteiger partial charge in [-0.25, -0.2) is 0 Å². The maximum Gasteiger partial charge on any atom is 0.258 e. The molecular weight excluding hydrogens is 346 g/mol. The second-order valence-electron chi connectivity index (χ2n) is 5.96. The van der Waals surface area contributed by atoms with Crippen molar-refractivity contribution in [3.63, 3.8) is 0 Å². The minimum Gasteiger partial charge on any atom is -0.484 e. The predicted molar refractivity (Wildman–Crippen MR) is 102 cm³/mol. The molecule has 2 N–H and O–H groups in total. The standard InChI is InChI=1S/C20H23N3O4/c1-15(24)23(2)13-16-8-6-7-11-18(16)22-19(25)12-21-20(26)14-27-17-9-4-3-5-10-17/h3-11H,12-14H2,1-2H3,(H,21,26)(H,22,25). The van der Waals surface area contributed by atoms with Gasteiger partial charge in [0, 0.05) is 26.2 Å². The summed E-state index contributed by atoms with van der Waals surface area (Å²) in [4.78, 5) is 36.9. The lowest BCUT2D eigenvalue weighted by Gasteiger charge is -2.18. The van der Waals surface area contributed by atoms with Crippen molar-refractivity contribution in [3.8, 4) is 5.75 Å². The first kappa shape index (κ1) is 20.0. The third-order valence-electron chi connectivity index (χ3n) is 3.80. The first-order chi connectivity index (χ1) is 13.0. The Bertz CT molecular complexity index is 793. The maximum absolute atomic E-state index is 12.1. The van der Waals surface area contributed by atoms with Crippen molar-refractivity contribution >= 4 is 23.4 Å². The van der Waals surface area contributed by atoms with E-state index in [1.807, 2.05) is 30.3 Å². The highest BCUT2D eigenvalue weighted by molar-refractivity contribution is 5.95. The number of carbonyl (C=O) groups excluding carboxylic acids is 3. The number of hydrogen-bond acceptors (Lipinski definition) is 4. The monoisotopic (exact) mass is 369 g/mol. The van der Waals surface area contributed by atoms with Gasteiger partial charge in [-0.1, -0.05) is 36.4 Å². The molecule has 0 bridgehead atoms. The number of rotatable bonds is 8. The van der Waals surface area contributed by atoms with E-state index < -0.39 is 5.91 Å². The summed E-state index contributed by atoms with van der Waals surface area (Å²) in [6.45, 7) is 1.52. The van der Waals surface area contributed by atoms with Gasteiger partial charge in [0.2, 0.25) is 11.8 Å². The van der Waals surface area contributed by atoms with Gasteiger partial charge in [0.25, 0.3) is 5.91 Å². The first-order valence-corrected chi connectivity index (χ1v) is 8.49. The number of benzene rings is 2. The van der Waals surface area contributed by atoms with Crippen molar-refractivity contribution in [1.29, 1.82) is 0 Å². The number of amides is 3. The van der Waals surface area contributed by atoms with Crippen LogP contribution < -0.4 is 15.4 Å². The third kappa shape index (κ3) is 6.81. The first-order valence-electron chi connectivity index (χ1n) is 8.49. The largest absolute Gasteiger partial charge is 0.484 e. The summed E-state index contributed by atoms with van der Waals surface area (Å²) in [5.41, 5.74) is 1.41. The zero-order valence-corrected chi connectivity index (χ0v) is 15.4. The molecule has 0 radical (unpaired) electrons. The molecule has 0 fully saturated rings. The summed E-state index contributed by atoms with van der Waals surface area (Å²) < 4.78 is 5.32. The second kappa shape index (κ2) is 9.96. The Balaban J connectivity index is 1.81. The van der Waals surface area contributed by atoms with Gasteiger partial charge in [0.1, 0.15) is 5.75 Å². The summed E-state index contributed by atoms with van der Waals surface area (Å²) in [6, 6.07) is 16.2. The van der Waals surface area contributed by atoms with Crippen LogP contribution in [0.4, 0.5) is 5.69 Å². The van der Waals surface area contributed by atoms with E-state index in [0.717, 1.165) is 5.56 Å². The highest BCUT2D eigenvalue weighted by Crippen LogP contribution is 2.16. The Kier molecular flexibility index (Phi) is 7.37. The van der Waals surface area contributed by atoms with Crippen LogP contribution in [-0.4, -0.2) is 42.8 Å². The molecule has 0 saturated heterocycles. The molecule has 7 heteroatoms. The Morgan fingerprint density at radius 1 is 0.963 bits per heavy atom. The minimum absolute atomic E-state index is 0.0678. The molecule has 2 rings (SSSR count). The molecule has 0 aliphatic carbocycles. The van der Waals surface area contributed by atoms with E-state index in [1.54, 1.807) is 36.2 Å². The summed E-state index contributed by atoms with van der Waals surface area (Å²) in [5, 5.41) is 5.26. The van der Waals surface area contributed by atoms with Crippen LogP contribution in [0.5, 0.6) is 5.75 Å². The van der Waals surface area contributed by atoms with E-state index in [0.29, 0.717) is 18.0 Å². The smallest absolute Gasteiger partial charge is 0.258 e. The highest BCUT2D eigenvalue weighted by Gasteiger charge is 2.11. The number of para-hydroxylation sites is 2. The van der Waals surface area contributed by atoms with Gasteiger partial charge in [0.15, 0.2) is 6.61 Å². The van der Waals surface area contributed by atoms with E-state index in [2.05, 4.69) is 10.6 Å². The molecule has 0 heterocycles. The number of ether oxygens (including phenoxy) is 1. The SMILES string of the molecule is CC(=O)N(C)Cc1ccccc1NC(=O)CNC(=O)COc1ccccc1. The molecule has 7 nitrogen and oxygen atoms in total. The van der Waals surface area contributed by atoms with Crippen LogP contribution in [0.3, 0.4) is 0 Å². The number of nitrogens with one attached hydrogen (secondary N) is 2. The molecule has 0 unspecified atom stereocenters. The van der Waals surface area contributed by atoms with Gasteiger partial charge < -0.3 is 20.3 Å². The molecule has 27 heavy (non-hydrogen) atoms. The van der Waals surface area contributed by atoms with Crippen molar-refractivity contribution in [1.82, 2.24) is 10.2 Å². The van der Waals surface area contributed by atoms with Crippen molar-refractivity contribution in [3.05, 3.63) is 60.2 Å². The lowest BCUT2D eigenvalue weighted by atomic mass is 10.1. The van der Waals surface area contributed by atoms with Crippen molar-refractivity contribution in [2.24, 2.45) is 0 Å². The quantitative estimate of drug-likeness (QED) is 0.743. The normalized spacial score (nSPS) is 10.0. The molecule has 0 aliphatic rings. The predicted octanol–water partition coefficient (Wildman–Crippen LogP) is 1.80. The van der Waals surface area contributed by atoms with Crippen LogP contribution in [0.1, 0.15) is 12.5 Å². The Morgan fingerprint density at radius 2 is 1.63 bits per heavy atom. The molecule has 0 saturated carbocycles. The third-order valence-corrected chi connectivity index (χ3v) is 3.80. The summed E-state index contributed by atoms with van der Waals surface area (Å²) >= 11 is 0. The number of carbonyl (C=O) groups is 3. The number of anilines is 1. The van der Waals surface area contributed by atoms with Crippen LogP contribution >= 0.6 is 0 Å². The van der Waals surface area contributed by atoms with Crippen molar-refractivity contribution in [2.45, 2.75) is 13.5 Å². The Hall–Kier alpha value is -3.35. The number of hydrogen-bond donors (Lipinski definition) is 2. The van der Waals surface area contributed by atoms with E-state index in [1.165, 1.54) is 6.92 Å². The molecule has 3 amide bonds. The van der Waals surface area contributed by atoms with E-state index in [-0.39, 0.29) is 25.0 Å². The fourth-order valence-electron chi connectivity index (χ4n) is 2.24. The van der Waals surface area contributed by atoms with Gasteiger partial charge in [-0.2, -0.15) is 0 Å². The maximum atomic E-state index is 12.1. The molecule has 0 aromatic heterocycles. The molecule has 0 aliphatic heterocycles. The average molecular weight is 369 g/mol. The zero-order chi connectivity index (χ0) is 19.6. The van der Waals surface area contributed by atoms with Crippen LogP contribution in [0.25, 0.3) is 0 Å². The van der Waals surface area contributed by atoms with E-state index in [9.17, 15) is 14.4 Å². The molecule has 2 aromatic rings. The van der Waals surface area contributed by atoms with Gasteiger partial charge >= 0.3 is 0 Å². The lowest BCUT2D eigenvalue weighted by Crippen LogP contribution is -2.36. The fraction of sp³-hybridized carbons (Fsp3) is 0.250. The van der Waals surface area contributed by atoms with Crippen molar-refractivity contribution in [2.75, 3.05) is 25.5 Å². The fourth-order valence-corrected chi connectivity index (χ4v) is 2.24. The molecule has 0 atom stereocenters. The molecule has 0 spiro atoms. The van der Waals surface area contributed by atoms with Gasteiger partial charge in [-0.15, -0.1) is 0 Å². The van der Waals surface area contributed by atoms with Gasteiger partial charge in [0.05, 0.1) is 6.54 Å². The second-order valence-corrected chi connectivity index (χ2v) is 5.96. The Labute approximate surface area is 158 Å². The summed E-state index contributed by atoms with van der Waals surface area (Å²) in [7, 11) is 1.69. The molecule has 2 aromatic carbocycles. The van der Waals surface area contributed by atoms with Gasteiger partial charge in [-0.05, 0) is 23.8 Å². The van der Waals surface area contributed by atoms with Crippen LogP contribution in [0.2, 0.25) is 0 Å². The van der Waals surface area contributed by atoms with Crippen LogP contribution in [0.15, 0.2) is 54.6 Å². The highest BCUT2D eigenvalue weighted by atomic mass is 16.5. The lowest BCUT2D eigenvalue weighted by molar-refractivity contribution is -0.128. The average Bonchev–Trinajstić information content (AvgIpc) is 2.67. The summed E-state index contributed by atoms with van der Waals surface area (Å²) in [6.07, 6.45) is 0. The summed E-state index contributed by atoms with van der Waals surface area (Å²) in [5.74, 6) is -0.234. The molecule has 142 valence electrons. The van der Waals surface area contributed by atoms with E-state index in [4.69, 9.17) is 4.74 Å². The Morgan fingerprint density at radius 3 is 2.33 bits per heavy atom. The molecular formula is C20H23N3O4. The van der Waals surface area contributed by atoms with E-state index >= 15 is 0 Å². The topological polar surface area (TPSA) is 87.7 Å². The van der Waals surface area contributed by atoms with Crippen molar-refractivity contribution < 1.29 is 19.1 Å². The van der Waals surface area contributed by atoms with Crippen LogP contribution in [-0.2, 0) is 20.9 Å². The minimum atomic E-state index is -0.390.